The Balaban J connectivity index is 1.98. The molecule has 2 rings (SSSR count). The van der Waals surface area contributed by atoms with Gasteiger partial charge in [0, 0.05) is 11.7 Å². The van der Waals surface area contributed by atoms with E-state index >= 15 is 0 Å². The molecule has 2 aromatic carbocycles. The fourth-order valence-corrected chi connectivity index (χ4v) is 2.56. The van der Waals surface area contributed by atoms with Crippen molar-refractivity contribution in [3.05, 3.63) is 65.0 Å². The van der Waals surface area contributed by atoms with Gasteiger partial charge in [-0.15, -0.1) is 0 Å². The van der Waals surface area contributed by atoms with Crippen molar-refractivity contribution in [2.75, 3.05) is 5.32 Å². The highest BCUT2D eigenvalue weighted by Crippen LogP contribution is 2.17. The maximum Gasteiger partial charge on any atom is 0.241 e. The summed E-state index contributed by atoms with van der Waals surface area (Å²) in [6, 6.07) is 12.4. The Labute approximate surface area is 143 Å². The number of amides is 1. The van der Waals surface area contributed by atoms with Crippen LogP contribution in [0.2, 0.25) is 0 Å². The molecule has 2 N–H and O–H groups in total. The molecule has 0 bridgehead atoms. The molecule has 0 fully saturated rings. The first-order valence-electron chi connectivity index (χ1n) is 8.32. The minimum Gasteiger partial charge on any atom is -0.324 e. The molecule has 0 aliphatic carbocycles. The average Bonchev–Trinajstić information content (AvgIpc) is 2.58. The van der Waals surface area contributed by atoms with Crippen molar-refractivity contribution in [1.82, 2.24) is 5.32 Å². The topological polar surface area (TPSA) is 41.1 Å². The van der Waals surface area contributed by atoms with E-state index in [1.54, 1.807) is 13.0 Å². The van der Waals surface area contributed by atoms with Gasteiger partial charge in [-0.3, -0.25) is 10.1 Å². The summed E-state index contributed by atoms with van der Waals surface area (Å²) in [5.74, 6) is -0.540. The first-order valence-corrected chi connectivity index (χ1v) is 8.32. The van der Waals surface area contributed by atoms with Gasteiger partial charge in [-0.25, -0.2) is 4.39 Å². The quantitative estimate of drug-likeness (QED) is 0.826. The van der Waals surface area contributed by atoms with Crippen molar-refractivity contribution in [2.24, 2.45) is 0 Å². The zero-order valence-corrected chi connectivity index (χ0v) is 14.7. The Bertz CT molecular complexity index is 697. The minimum atomic E-state index is -0.395. The van der Waals surface area contributed by atoms with Crippen LogP contribution in [0.5, 0.6) is 0 Å². The fraction of sp³-hybridized carbons (Fsp3) is 0.350. The highest BCUT2D eigenvalue weighted by Gasteiger charge is 2.17. The number of rotatable bonds is 6. The van der Waals surface area contributed by atoms with Crippen molar-refractivity contribution in [1.29, 1.82) is 0 Å². The average molecular weight is 328 g/mol. The van der Waals surface area contributed by atoms with Crippen LogP contribution in [0, 0.1) is 12.7 Å². The van der Waals surface area contributed by atoms with Gasteiger partial charge in [-0.2, -0.15) is 0 Å². The van der Waals surface area contributed by atoms with Crippen molar-refractivity contribution in [2.45, 2.75) is 46.2 Å². The molecule has 0 saturated heterocycles. The van der Waals surface area contributed by atoms with E-state index in [1.807, 2.05) is 13.8 Å². The molecule has 128 valence electrons. The maximum atomic E-state index is 13.3. The summed E-state index contributed by atoms with van der Waals surface area (Å²) < 4.78 is 13.3. The molecule has 0 heterocycles. The van der Waals surface area contributed by atoms with Gasteiger partial charge in [0.1, 0.15) is 5.82 Å². The van der Waals surface area contributed by atoms with E-state index in [4.69, 9.17) is 0 Å². The van der Waals surface area contributed by atoms with Crippen LogP contribution in [-0.2, 0) is 11.2 Å². The molecule has 0 aromatic heterocycles. The highest BCUT2D eigenvalue weighted by molar-refractivity contribution is 5.95. The zero-order valence-electron chi connectivity index (χ0n) is 14.7. The van der Waals surface area contributed by atoms with Crippen LogP contribution in [0.1, 0.15) is 43.5 Å². The predicted molar refractivity (Wildman–Crippen MR) is 96.6 cm³/mol. The summed E-state index contributed by atoms with van der Waals surface area (Å²) in [5, 5.41) is 6.07. The molecule has 0 aliphatic heterocycles. The molecule has 4 heteroatoms. The third-order valence-corrected chi connectivity index (χ3v) is 4.24. The lowest BCUT2D eigenvalue weighted by atomic mass is 10.0. The minimum absolute atomic E-state index is 0.0465. The van der Waals surface area contributed by atoms with E-state index in [1.165, 1.54) is 17.7 Å². The number of anilines is 1. The van der Waals surface area contributed by atoms with Crippen LogP contribution in [0.4, 0.5) is 10.1 Å². The molecule has 0 spiro atoms. The number of carbonyl (C=O) groups excluding carboxylic acids is 1. The summed E-state index contributed by atoms with van der Waals surface area (Å²) in [4.78, 5) is 12.3. The van der Waals surface area contributed by atoms with Crippen molar-refractivity contribution < 1.29 is 9.18 Å². The van der Waals surface area contributed by atoms with Gasteiger partial charge in [-0.1, -0.05) is 37.3 Å². The van der Waals surface area contributed by atoms with Crippen LogP contribution in [0.15, 0.2) is 42.5 Å². The number of nitrogens with one attached hydrogen (secondary N) is 2. The summed E-state index contributed by atoms with van der Waals surface area (Å²) in [6.07, 6.45) is 1.01. The van der Waals surface area contributed by atoms with Gasteiger partial charge in [0.15, 0.2) is 0 Å². The van der Waals surface area contributed by atoms with Gasteiger partial charge in [-0.05, 0) is 56.0 Å². The van der Waals surface area contributed by atoms with Crippen molar-refractivity contribution in [3.63, 3.8) is 0 Å². The lowest BCUT2D eigenvalue weighted by Crippen LogP contribution is -2.39. The lowest BCUT2D eigenvalue weighted by Gasteiger charge is -2.20. The fourth-order valence-electron chi connectivity index (χ4n) is 2.56. The maximum absolute atomic E-state index is 13.3. The van der Waals surface area contributed by atoms with E-state index in [9.17, 15) is 9.18 Å². The molecule has 1 amide bonds. The summed E-state index contributed by atoms with van der Waals surface area (Å²) >= 11 is 0. The Morgan fingerprint density at radius 2 is 1.79 bits per heavy atom. The van der Waals surface area contributed by atoms with Gasteiger partial charge in [0.2, 0.25) is 5.91 Å². The van der Waals surface area contributed by atoms with E-state index in [-0.39, 0.29) is 17.8 Å². The van der Waals surface area contributed by atoms with Crippen LogP contribution >= 0.6 is 0 Å². The van der Waals surface area contributed by atoms with Gasteiger partial charge in [0.25, 0.3) is 0 Å². The number of hydrogen-bond donors (Lipinski definition) is 2. The number of aryl methyl sites for hydroxylation is 2. The zero-order chi connectivity index (χ0) is 17.7. The summed E-state index contributed by atoms with van der Waals surface area (Å²) in [5.41, 5.74) is 3.76. The van der Waals surface area contributed by atoms with Crippen LogP contribution in [0.3, 0.4) is 0 Å². The molecule has 0 saturated carbocycles. The molecule has 0 aliphatic rings. The largest absolute Gasteiger partial charge is 0.324 e. The number of benzene rings is 2. The van der Waals surface area contributed by atoms with Gasteiger partial charge in [0.05, 0.1) is 6.04 Å². The second-order valence-electron chi connectivity index (χ2n) is 6.15. The molecule has 2 unspecified atom stereocenters. The third-order valence-electron chi connectivity index (χ3n) is 4.24. The molecule has 0 radical (unpaired) electrons. The Hall–Kier alpha value is -2.20. The molecule has 2 atom stereocenters. The Morgan fingerprint density at radius 3 is 2.42 bits per heavy atom. The molecule has 3 nitrogen and oxygen atoms in total. The Kier molecular flexibility index (Phi) is 6.10. The monoisotopic (exact) mass is 328 g/mol. The van der Waals surface area contributed by atoms with Crippen LogP contribution < -0.4 is 10.6 Å². The number of halogens is 1. The highest BCUT2D eigenvalue weighted by atomic mass is 19.1. The summed E-state index contributed by atoms with van der Waals surface area (Å²) in [6.45, 7) is 7.79. The Morgan fingerprint density at radius 1 is 1.12 bits per heavy atom. The predicted octanol–water partition coefficient (Wildman–Crippen LogP) is 4.37. The molecule has 2 aromatic rings. The van der Waals surface area contributed by atoms with E-state index in [0.29, 0.717) is 5.69 Å². The van der Waals surface area contributed by atoms with Crippen molar-refractivity contribution >= 4 is 11.6 Å². The molecule has 24 heavy (non-hydrogen) atoms. The normalized spacial score (nSPS) is 13.4. The standard InChI is InChI=1S/C20H25FN2O/c1-5-16-7-9-17(10-8-16)14(3)22-15(4)20(24)23-19-12-18(21)11-6-13(19)2/h6-12,14-15,22H,5H2,1-4H3,(H,23,24). The van der Waals surface area contributed by atoms with Gasteiger partial charge >= 0.3 is 0 Å². The second-order valence-corrected chi connectivity index (χ2v) is 6.15. The lowest BCUT2D eigenvalue weighted by molar-refractivity contribution is -0.117. The SMILES string of the molecule is CCc1ccc(C(C)NC(C)C(=O)Nc2cc(F)ccc2C)cc1. The smallest absolute Gasteiger partial charge is 0.241 e. The van der Waals surface area contributed by atoms with Crippen LogP contribution in [-0.4, -0.2) is 11.9 Å². The number of hydrogen-bond acceptors (Lipinski definition) is 2. The second kappa shape index (κ2) is 8.06. The summed E-state index contributed by atoms with van der Waals surface area (Å²) in [7, 11) is 0. The van der Waals surface area contributed by atoms with E-state index in [2.05, 4.69) is 41.8 Å². The third kappa shape index (κ3) is 4.65. The number of carbonyl (C=O) groups is 1. The first kappa shape index (κ1) is 18.1. The van der Waals surface area contributed by atoms with Gasteiger partial charge < -0.3 is 5.32 Å². The van der Waals surface area contributed by atoms with Crippen molar-refractivity contribution in [3.8, 4) is 0 Å². The van der Waals surface area contributed by atoms with E-state index in [0.717, 1.165) is 17.5 Å². The molecular weight excluding hydrogens is 303 g/mol. The van der Waals surface area contributed by atoms with E-state index < -0.39 is 6.04 Å². The van der Waals surface area contributed by atoms with Crippen LogP contribution in [0.25, 0.3) is 0 Å². The molecular formula is C20H25FN2O. The first-order chi connectivity index (χ1) is 11.4.